The highest BCUT2D eigenvalue weighted by Crippen LogP contribution is 2.14. The smallest absolute Gasteiger partial charge is 0.230 e. The van der Waals surface area contributed by atoms with E-state index in [0.29, 0.717) is 0 Å². The molecule has 0 spiro atoms. The van der Waals surface area contributed by atoms with Gasteiger partial charge in [-0.3, -0.25) is 4.79 Å². The molecule has 3 nitrogen and oxygen atoms in total. The highest BCUT2D eigenvalue weighted by Gasteiger charge is 2.11. The van der Waals surface area contributed by atoms with Crippen LogP contribution < -0.4 is 5.73 Å². The summed E-state index contributed by atoms with van der Waals surface area (Å²) in [7, 11) is 1.68. The molecule has 4 heteroatoms. The number of nitrogens with two attached hydrogens (primary N) is 1. The van der Waals surface area contributed by atoms with E-state index in [4.69, 9.17) is 10.5 Å². The van der Waals surface area contributed by atoms with Crippen LogP contribution in [0.25, 0.3) is 0 Å². The molecule has 0 aliphatic rings. The van der Waals surface area contributed by atoms with Crippen molar-refractivity contribution in [2.45, 2.75) is 25.0 Å². The number of amides is 1. The fourth-order valence-electron chi connectivity index (χ4n) is 0.830. The summed E-state index contributed by atoms with van der Waals surface area (Å²) < 4.78 is 4.89. The lowest BCUT2D eigenvalue weighted by Crippen LogP contribution is -2.25. The molecule has 0 saturated heterocycles. The predicted molar refractivity (Wildman–Crippen MR) is 52.2 cm³/mol. The number of methoxy groups -OCH3 is 1. The summed E-state index contributed by atoms with van der Waals surface area (Å²) in [5.41, 5.74) is 5.17. The number of carbonyl (C=O) groups excluding carboxylic acids is 1. The monoisotopic (exact) mass is 191 g/mol. The van der Waals surface area contributed by atoms with E-state index >= 15 is 0 Å². The molecule has 2 N–H and O–H groups in total. The van der Waals surface area contributed by atoms with E-state index in [0.717, 1.165) is 25.2 Å². The highest BCUT2D eigenvalue weighted by molar-refractivity contribution is 8.00. The molecule has 72 valence electrons. The van der Waals surface area contributed by atoms with Crippen molar-refractivity contribution in [3.8, 4) is 0 Å². The minimum absolute atomic E-state index is 0.0261. The first-order valence-corrected chi connectivity index (χ1v) is 5.17. The fraction of sp³-hybridized carbons (Fsp3) is 0.875. The summed E-state index contributed by atoms with van der Waals surface area (Å²) in [6, 6.07) is 0. The summed E-state index contributed by atoms with van der Waals surface area (Å²) in [5.74, 6) is 0.731. The Morgan fingerprint density at radius 1 is 1.67 bits per heavy atom. The van der Waals surface area contributed by atoms with Gasteiger partial charge in [0.05, 0.1) is 5.25 Å². The SMILES string of the molecule is CCC(SCCCOC)C(N)=O. The van der Waals surface area contributed by atoms with Gasteiger partial charge in [-0.15, -0.1) is 11.8 Å². The van der Waals surface area contributed by atoms with Crippen molar-refractivity contribution in [3.63, 3.8) is 0 Å². The second-order valence-electron chi connectivity index (χ2n) is 2.52. The van der Waals surface area contributed by atoms with E-state index in [-0.39, 0.29) is 11.2 Å². The molecule has 0 fully saturated rings. The van der Waals surface area contributed by atoms with Gasteiger partial charge in [0, 0.05) is 13.7 Å². The molecule has 1 amide bonds. The van der Waals surface area contributed by atoms with Crippen molar-refractivity contribution >= 4 is 17.7 Å². The van der Waals surface area contributed by atoms with Crippen LogP contribution in [0.15, 0.2) is 0 Å². The van der Waals surface area contributed by atoms with Gasteiger partial charge in [-0.05, 0) is 18.6 Å². The van der Waals surface area contributed by atoms with Crippen LogP contribution in [0.1, 0.15) is 19.8 Å². The van der Waals surface area contributed by atoms with Crippen LogP contribution in [-0.4, -0.2) is 30.6 Å². The van der Waals surface area contributed by atoms with Crippen molar-refractivity contribution in [2.24, 2.45) is 5.73 Å². The van der Waals surface area contributed by atoms with Crippen LogP contribution in [0.5, 0.6) is 0 Å². The lowest BCUT2D eigenvalue weighted by Gasteiger charge is -2.09. The van der Waals surface area contributed by atoms with E-state index in [9.17, 15) is 4.79 Å². The number of ether oxygens (including phenoxy) is 1. The van der Waals surface area contributed by atoms with Crippen molar-refractivity contribution in [2.75, 3.05) is 19.5 Å². The summed E-state index contributed by atoms with van der Waals surface area (Å²) in [6.07, 6.45) is 1.79. The van der Waals surface area contributed by atoms with Gasteiger partial charge in [-0.1, -0.05) is 6.92 Å². The maximum atomic E-state index is 10.8. The molecular weight excluding hydrogens is 174 g/mol. The second-order valence-corrected chi connectivity index (χ2v) is 3.83. The van der Waals surface area contributed by atoms with Gasteiger partial charge in [0.25, 0.3) is 0 Å². The van der Waals surface area contributed by atoms with Gasteiger partial charge >= 0.3 is 0 Å². The predicted octanol–water partition coefficient (Wildman–Crippen LogP) is 1.02. The first-order valence-electron chi connectivity index (χ1n) is 4.12. The fourth-order valence-corrected chi connectivity index (χ4v) is 1.80. The molecule has 0 aromatic rings. The molecule has 1 unspecified atom stereocenters. The van der Waals surface area contributed by atoms with Gasteiger partial charge in [0.2, 0.25) is 5.91 Å². The van der Waals surface area contributed by atoms with E-state index in [1.165, 1.54) is 0 Å². The third-order valence-electron chi connectivity index (χ3n) is 1.50. The molecule has 0 aliphatic carbocycles. The highest BCUT2D eigenvalue weighted by atomic mass is 32.2. The zero-order chi connectivity index (χ0) is 9.40. The lowest BCUT2D eigenvalue weighted by atomic mass is 10.3. The maximum absolute atomic E-state index is 10.8. The summed E-state index contributed by atoms with van der Waals surface area (Å²) in [6.45, 7) is 2.72. The van der Waals surface area contributed by atoms with Gasteiger partial charge < -0.3 is 10.5 Å². The van der Waals surface area contributed by atoms with Gasteiger partial charge in [-0.2, -0.15) is 0 Å². The molecule has 0 heterocycles. The van der Waals surface area contributed by atoms with E-state index < -0.39 is 0 Å². The number of rotatable bonds is 7. The Bertz CT molecular complexity index is 130. The Labute approximate surface area is 78.0 Å². The Morgan fingerprint density at radius 3 is 2.75 bits per heavy atom. The quantitative estimate of drug-likeness (QED) is 0.611. The van der Waals surface area contributed by atoms with E-state index in [1.54, 1.807) is 18.9 Å². The Hall–Kier alpha value is -0.220. The van der Waals surface area contributed by atoms with E-state index in [2.05, 4.69) is 0 Å². The normalized spacial score (nSPS) is 12.8. The molecule has 0 saturated carbocycles. The first kappa shape index (κ1) is 11.8. The number of hydrogen-bond acceptors (Lipinski definition) is 3. The molecule has 0 aromatic heterocycles. The summed E-state index contributed by atoms with van der Waals surface area (Å²) in [4.78, 5) is 10.8. The number of hydrogen-bond donors (Lipinski definition) is 1. The largest absolute Gasteiger partial charge is 0.385 e. The van der Waals surface area contributed by atoms with Crippen LogP contribution >= 0.6 is 11.8 Å². The molecule has 0 radical (unpaired) electrons. The standard InChI is InChI=1S/C8H17NO2S/c1-3-7(8(9)10)12-6-4-5-11-2/h7H,3-6H2,1-2H3,(H2,9,10). The Morgan fingerprint density at radius 2 is 2.33 bits per heavy atom. The third kappa shape index (κ3) is 5.43. The summed E-state index contributed by atoms with van der Waals surface area (Å²) >= 11 is 1.62. The van der Waals surface area contributed by atoms with Crippen molar-refractivity contribution in [1.29, 1.82) is 0 Å². The molecule has 1 atom stereocenters. The number of primary amides is 1. The molecule has 0 rings (SSSR count). The molecule has 0 bridgehead atoms. The van der Waals surface area contributed by atoms with Crippen LogP contribution in [0.4, 0.5) is 0 Å². The average Bonchev–Trinajstić information content (AvgIpc) is 2.04. The maximum Gasteiger partial charge on any atom is 0.230 e. The van der Waals surface area contributed by atoms with Crippen LogP contribution in [0, 0.1) is 0 Å². The summed E-state index contributed by atoms with van der Waals surface area (Å²) in [5, 5.41) is -0.0261. The minimum atomic E-state index is -0.208. The topological polar surface area (TPSA) is 52.3 Å². The average molecular weight is 191 g/mol. The first-order chi connectivity index (χ1) is 5.72. The van der Waals surface area contributed by atoms with Gasteiger partial charge in [0.1, 0.15) is 0 Å². The van der Waals surface area contributed by atoms with Crippen LogP contribution in [-0.2, 0) is 9.53 Å². The van der Waals surface area contributed by atoms with E-state index in [1.807, 2.05) is 6.92 Å². The number of carbonyl (C=O) groups is 1. The van der Waals surface area contributed by atoms with Crippen LogP contribution in [0.3, 0.4) is 0 Å². The van der Waals surface area contributed by atoms with Gasteiger partial charge in [-0.25, -0.2) is 0 Å². The lowest BCUT2D eigenvalue weighted by molar-refractivity contribution is -0.117. The van der Waals surface area contributed by atoms with Crippen molar-refractivity contribution in [3.05, 3.63) is 0 Å². The molecule has 0 aliphatic heterocycles. The molecule has 0 aromatic carbocycles. The zero-order valence-electron chi connectivity index (χ0n) is 7.71. The van der Waals surface area contributed by atoms with Crippen LogP contribution in [0.2, 0.25) is 0 Å². The minimum Gasteiger partial charge on any atom is -0.385 e. The molecular formula is C8H17NO2S. The van der Waals surface area contributed by atoms with Crippen molar-refractivity contribution < 1.29 is 9.53 Å². The zero-order valence-corrected chi connectivity index (χ0v) is 8.52. The Kier molecular flexibility index (Phi) is 7.29. The second kappa shape index (κ2) is 7.43. The number of thioether (sulfide) groups is 1. The third-order valence-corrected chi connectivity index (χ3v) is 2.99. The van der Waals surface area contributed by atoms with Gasteiger partial charge in [0.15, 0.2) is 0 Å². The Balaban J connectivity index is 3.38. The van der Waals surface area contributed by atoms with Crippen molar-refractivity contribution in [1.82, 2.24) is 0 Å². The molecule has 12 heavy (non-hydrogen) atoms.